The van der Waals surface area contributed by atoms with E-state index in [2.05, 4.69) is 13.8 Å². The highest BCUT2D eigenvalue weighted by atomic mass is 16.5. The van der Waals surface area contributed by atoms with E-state index in [1.807, 2.05) is 6.07 Å². The van der Waals surface area contributed by atoms with Crippen LogP contribution in [0.15, 0.2) is 30.3 Å². The molecule has 0 N–H and O–H groups in total. The maximum atomic E-state index is 12.8. The van der Waals surface area contributed by atoms with Gasteiger partial charge in [0.25, 0.3) is 0 Å². The highest BCUT2D eigenvalue weighted by Crippen LogP contribution is 2.22. The molecule has 38 heavy (non-hydrogen) atoms. The zero-order valence-corrected chi connectivity index (χ0v) is 24.1. The molecule has 1 aliphatic heterocycles. The first-order valence-corrected chi connectivity index (χ1v) is 15.4. The van der Waals surface area contributed by atoms with Gasteiger partial charge in [-0.2, -0.15) is 0 Å². The summed E-state index contributed by atoms with van der Waals surface area (Å²) in [4.78, 5) is 39.8. The second-order valence-electron chi connectivity index (χ2n) is 10.7. The molecule has 1 fully saturated rings. The van der Waals surface area contributed by atoms with Crippen LogP contribution in [-0.2, 0) is 14.3 Å². The molecule has 214 valence electrons. The van der Waals surface area contributed by atoms with Gasteiger partial charge in [-0.15, -0.1) is 0 Å². The predicted octanol–water partition coefficient (Wildman–Crippen LogP) is 8.43. The van der Waals surface area contributed by atoms with Crippen LogP contribution in [0.1, 0.15) is 129 Å². The van der Waals surface area contributed by atoms with Gasteiger partial charge in [-0.1, -0.05) is 116 Å². The van der Waals surface area contributed by atoms with Crippen LogP contribution >= 0.6 is 0 Å². The van der Waals surface area contributed by atoms with Crippen LogP contribution in [0.4, 0.5) is 10.5 Å². The second kappa shape index (κ2) is 19.8. The molecular weight excluding hydrogens is 476 g/mol. The number of ether oxygens (including phenoxy) is 1. The highest BCUT2D eigenvalue weighted by Gasteiger charge is 2.38. The number of amides is 4. The maximum Gasteiger partial charge on any atom is 0.338 e. The summed E-state index contributed by atoms with van der Waals surface area (Å²) in [5, 5.41) is 0. The van der Waals surface area contributed by atoms with E-state index < -0.39 is 17.8 Å². The lowest BCUT2D eigenvalue weighted by Crippen LogP contribution is -2.55. The standard InChI is InChI=1S/C32H52N2O4/c1-3-5-6-7-8-9-10-11-12-13-14-15-19-24-29(4-2)38-26-21-20-25-33-30(35)27-31(36)34(32(33)37)28-22-17-16-18-23-28/h16-18,22-23,29H,3-15,19-21,24-27H2,1-2H3. The number of rotatable bonds is 22. The number of imide groups is 2. The Bertz CT molecular complexity index is 798. The largest absolute Gasteiger partial charge is 0.378 e. The van der Waals surface area contributed by atoms with Crippen LogP contribution in [0, 0.1) is 0 Å². The molecule has 0 aromatic heterocycles. The van der Waals surface area contributed by atoms with Crippen molar-refractivity contribution in [3.05, 3.63) is 30.3 Å². The number of unbranched alkanes of at least 4 members (excludes halogenated alkanes) is 13. The molecule has 4 amide bonds. The summed E-state index contributed by atoms with van der Waals surface area (Å²) < 4.78 is 6.10. The van der Waals surface area contributed by atoms with Gasteiger partial charge in [-0.05, 0) is 37.8 Å². The third kappa shape index (κ3) is 12.1. The Balaban J connectivity index is 1.51. The summed E-state index contributed by atoms with van der Waals surface area (Å²) in [6, 6.07) is 8.24. The van der Waals surface area contributed by atoms with Crippen molar-refractivity contribution in [1.82, 2.24) is 4.90 Å². The van der Waals surface area contributed by atoms with Crippen molar-refractivity contribution in [2.75, 3.05) is 18.1 Å². The monoisotopic (exact) mass is 528 g/mol. The van der Waals surface area contributed by atoms with Crippen molar-refractivity contribution in [3.8, 4) is 0 Å². The minimum absolute atomic E-state index is 0.270. The molecule has 0 radical (unpaired) electrons. The van der Waals surface area contributed by atoms with E-state index in [-0.39, 0.29) is 12.5 Å². The summed E-state index contributed by atoms with van der Waals surface area (Å²) in [7, 11) is 0. The van der Waals surface area contributed by atoms with E-state index >= 15 is 0 Å². The van der Waals surface area contributed by atoms with Crippen LogP contribution in [0.2, 0.25) is 0 Å². The van der Waals surface area contributed by atoms with Gasteiger partial charge in [-0.25, -0.2) is 9.69 Å². The number of hydrogen-bond donors (Lipinski definition) is 0. The van der Waals surface area contributed by atoms with Gasteiger partial charge >= 0.3 is 6.03 Å². The average Bonchev–Trinajstić information content (AvgIpc) is 2.92. The fourth-order valence-electron chi connectivity index (χ4n) is 5.11. The Morgan fingerprint density at radius 2 is 1.29 bits per heavy atom. The number of para-hydroxylation sites is 1. The van der Waals surface area contributed by atoms with Gasteiger partial charge < -0.3 is 4.74 Å². The lowest BCUT2D eigenvalue weighted by molar-refractivity contribution is -0.134. The van der Waals surface area contributed by atoms with Gasteiger partial charge in [0, 0.05) is 13.2 Å². The minimum Gasteiger partial charge on any atom is -0.378 e. The van der Waals surface area contributed by atoms with Crippen molar-refractivity contribution < 1.29 is 19.1 Å². The number of nitrogens with zero attached hydrogens (tertiary/aromatic N) is 2. The second-order valence-corrected chi connectivity index (χ2v) is 10.7. The molecule has 1 unspecified atom stereocenters. The van der Waals surface area contributed by atoms with E-state index in [9.17, 15) is 14.4 Å². The predicted molar refractivity (Wildman–Crippen MR) is 155 cm³/mol. The van der Waals surface area contributed by atoms with Crippen molar-refractivity contribution in [2.45, 2.75) is 136 Å². The number of carbonyl (C=O) groups excluding carboxylic acids is 3. The molecule has 1 aromatic rings. The third-order valence-corrected chi connectivity index (χ3v) is 7.50. The normalized spacial score (nSPS) is 14.9. The first-order chi connectivity index (χ1) is 18.6. The van der Waals surface area contributed by atoms with Gasteiger partial charge in [0.1, 0.15) is 6.42 Å². The number of anilines is 1. The van der Waals surface area contributed by atoms with Crippen molar-refractivity contribution in [3.63, 3.8) is 0 Å². The Hall–Kier alpha value is -2.21. The van der Waals surface area contributed by atoms with E-state index in [4.69, 9.17) is 4.74 Å². The molecule has 2 rings (SSSR count). The van der Waals surface area contributed by atoms with Gasteiger partial charge in [-0.3, -0.25) is 14.5 Å². The minimum atomic E-state index is -0.549. The molecule has 6 nitrogen and oxygen atoms in total. The Labute approximate surface area is 231 Å². The Morgan fingerprint density at radius 3 is 1.87 bits per heavy atom. The average molecular weight is 529 g/mol. The van der Waals surface area contributed by atoms with E-state index in [0.717, 1.165) is 24.2 Å². The summed E-state index contributed by atoms with van der Waals surface area (Å²) >= 11 is 0. The molecule has 0 saturated carbocycles. The van der Waals surface area contributed by atoms with Gasteiger partial charge in [0.2, 0.25) is 11.8 Å². The van der Waals surface area contributed by atoms with Gasteiger partial charge in [0.05, 0.1) is 11.8 Å². The fraction of sp³-hybridized carbons (Fsp3) is 0.719. The molecular formula is C32H52N2O4. The van der Waals surface area contributed by atoms with E-state index in [0.29, 0.717) is 25.3 Å². The van der Waals surface area contributed by atoms with Crippen molar-refractivity contribution >= 4 is 23.5 Å². The third-order valence-electron chi connectivity index (χ3n) is 7.50. The summed E-state index contributed by atoms with van der Waals surface area (Å²) in [6.07, 6.45) is 21.3. The topological polar surface area (TPSA) is 66.9 Å². The summed E-state index contributed by atoms with van der Waals surface area (Å²) in [5.74, 6) is -0.883. The highest BCUT2D eigenvalue weighted by molar-refractivity contribution is 6.26. The molecule has 0 bridgehead atoms. The fourth-order valence-corrected chi connectivity index (χ4v) is 5.11. The molecule has 0 spiro atoms. The lowest BCUT2D eigenvalue weighted by atomic mass is 10.0. The molecule has 6 heteroatoms. The van der Waals surface area contributed by atoms with Crippen molar-refractivity contribution in [1.29, 1.82) is 0 Å². The lowest BCUT2D eigenvalue weighted by Gasteiger charge is -2.32. The number of urea groups is 1. The van der Waals surface area contributed by atoms with Crippen LogP contribution in [0.5, 0.6) is 0 Å². The van der Waals surface area contributed by atoms with Crippen molar-refractivity contribution in [2.24, 2.45) is 0 Å². The maximum absolute atomic E-state index is 12.8. The van der Waals surface area contributed by atoms with Crippen LogP contribution in [0.25, 0.3) is 0 Å². The summed E-state index contributed by atoms with van der Waals surface area (Å²) in [5.41, 5.74) is 0.502. The van der Waals surface area contributed by atoms with Crippen LogP contribution in [0.3, 0.4) is 0 Å². The van der Waals surface area contributed by atoms with Crippen LogP contribution in [-0.4, -0.2) is 42.0 Å². The number of benzene rings is 1. The molecule has 1 aliphatic rings. The SMILES string of the molecule is CCCCCCCCCCCCCCCC(CC)OCCCCN1C(=O)CC(=O)N(c2ccccc2)C1=O. The number of hydrogen-bond acceptors (Lipinski definition) is 4. The quantitative estimate of drug-likeness (QED) is 0.112. The van der Waals surface area contributed by atoms with E-state index in [1.54, 1.807) is 24.3 Å². The Kier molecular flexibility index (Phi) is 16.7. The molecule has 0 aliphatic carbocycles. The molecule has 1 heterocycles. The first-order valence-electron chi connectivity index (χ1n) is 15.4. The smallest absolute Gasteiger partial charge is 0.338 e. The zero-order valence-electron chi connectivity index (χ0n) is 24.1. The van der Waals surface area contributed by atoms with E-state index in [1.165, 1.54) is 88.4 Å². The van der Waals surface area contributed by atoms with Crippen LogP contribution < -0.4 is 4.90 Å². The number of carbonyl (C=O) groups is 3. The molecule has 1 aromatic carbocycles. The molecule has 1 atom stereocenters. The first kappa shape index (κ1) is 32.0. The zero-order chi connectivity index (χ0) is 27.4. The summed E-state index contributed by atoms with van der Waals surface area (Å²) in [6.45, 7) is 5.39. The number of barbiturate groups is 1. The Morgan fingerprint density at radius 1 is 0.711 bits per heavy atom. The molecule has 1 saturated heterocycles. The van der Waals surface area contributed by atoms with Gasteiger partial charge in [0.15, 0.2) is 0 Å².